The van der Waals surface area contributed by atoms with E-state index in [9.17, 15) is 18.0 Å². The molecule has 0 radical (unpaired) electrons. The van der Waals surface area contributed by atoms with Gasteiger partial charge in [0.1, 0.15) is 0 Å². The third-order valence-corrected chi connectivity index (χ3v) is 2.54. The van der Waals surface area contributed by atoms with Gasteiger partial charge in [-0.15, -0.1) is 0 Å². The number of carbonyl (C=O) groups excluding carboxylic acids is 1. The minimum absolute atomic E-state index is 0.0785. The number of rotatable bonds is 1. The Kier molecular flexibility index (Phi) is 5.50. The first-order valence-corrected chi connectivity index (χ1v) is 6.00. The van der Waals surface area contributed by atoms with Crippen LogP contribution in [-0.4, -0.2) is 5.78 Å². The Balaban J connectivity index is 0.000000240. The van der Waals surface area contributed by atoms with E-state index < -0.39 is 11.7 Å². The normalized spacial score (nSPS) is 10.4. The predicted octanol–water partition coefficient (Wildman–Crippen LogP) is 4.90. The van der Waals surface area contributed by atoms with Crippen molar-refractivity contribution in [2.24, 2.45) is 0 Å². The average Bonchev–Trinajstić information content (AvgIpc) is 2.39. The SMILES string of the molecule is CC(=O)c1cccc(C(F)(F)F)c1.Cc1ccccc1. The molecule has 0 atom stereocenters. The van der Waals surface area contributed by atoms with E-state index in [2.05, 4.69) is 19.1 Å². The monoisotopic (exact) mass is 280 g/mol. The first-order chi connectivity index (χ1) is 9.30. The van der Waals surface area contributed by atoms with Gasteiger partial charge in [-0.2, -0.15) is 13.2 Å². The zero-order valence-corrected chi connectivity index (χ0v) is 11.2. The molecule has 0 amide bonds. The van der Waals surface area contributed by atoms with Gasteiger partial charge in [0.2, 0.25) is 0 Å². The Labute approximate surface area is 116 Å². The number of hydrogen-bond acceptors (Lipinski definition) is 1. The van der Waals surface area contributed by atoms with Gasteiger partial charge >= 0.3 is 6.18 Å². The number of ketones is 1. The van der Waals surface area contributed by atoms with Crippen molar-refractivity contribution in [2.75, 3.05) is 0 Å². The summed E-state index contributed by atoms with van der Waals surface area (Å²) in [6, 6.07) is 14.6. The minimum atomic E-state index is -4.38. The van der Waals surface area contributed by atoms with Gasteiger partial charge in [0, 0.05) is 5.56 Å². The highest BCUT2D eigenvalue weighted by Crippen LogP contribution is 2.29. The van der Waals surface area contributed by atoms with E-state index in [1.165, 1.54) is 24.6 Å². The maximum Gasteiger partial charge on any atom is 0.416 e. The van der Waals surface area contributed by atoms with Crippen LogP contribution in [0.5, 0.6) is 0 Å². The lowest BCUT2D eigenvalue weighted by molar-refractivity contribution is -0.137. The van der Waals surface area contributed by atoms with Crippen molar-refractivity contribution < 1.29 is 18.0 Å². The Bertz CT molecular complexity index is 559. The molecule has 0 N–H and O–H groups in total. The van der Waals surface area contributed by atoms with E-state index in [1.54, 1.807) is 0 Å². The predicted molar refractivity (Wildman–Crippen MR) is 72.6 cm³/mol. The van der Waals surface area contributed by atoms with Crippen LogP contribution in [0.3, 0.4) is 0 Å². The second-order valence-electron chi connectivity index (χ2n) is 4.29. The van der Waals surface area contributed by atoms with Crippen LogP contribution < -0.4 is 0 Å². The van der Waals surface area contributed by atoms with E-state index in [1.807, 2.05) is 18.2 Å². The Hall–Kier alpha value is -2.10. The Morgan fingerprint density at radius 1 is 0.950 bits per heavy atom. The van der Waals surface area contributed by atoms with Gasteiger partial charge in [0.15, 0.2) is 5.78 Å². The molecule has 0 aliphatic carbocycles. The molecule has 2 rings (SSSR count). The highest BCUT2D eigenvalue weighted by Gasteiger charge is 2.30. The molecule has 0 bridgehead atoms. The lowest BCUT2D eigenvalue weighted by Gasteiger charge is -2.06. The molecular formula is C16H15F3O. The fraction of sp³-hybridized carbons (Fsp3) is 0.188. The van der Waals surface area contributed by atoms with Crippen LogP contribution in [0, 0.1) is 6.92 Å². The molecule has 0 spiro atoms. The summed E-state index contributed by atoms with van der Waals surface area (Å²) in [4.78, 5) is 10.8. The third-order valence-electron chi connectivity index (χ3n) is 2.54. The smallest absolute Gasteiger partial charge is 0.295 e. The quantitative estimate of drug-likeness (QED) is 0.679. The number of halogens is 3. The fourth-order valence-electron chi connectivity index (χ4n) is 1.45. The van der Waals surface area contributed by atoms with E-state index >= 15 is 0 Å². The average molecular weight is 280 g/mol. The van der Waals surface area contributed by atoms with Crippen LogP contribution in [-0.2, 0) is 6.18 Å². The zero-order chi connectivity index (χ0) is 15.2. The number of benzene rings is 2. The highest BCUT2D eigenvalue weighted by atomic mass is 19.4. The summed E-state index contributed by atoms with van der Waals surface area (Å²) < 4.78 is 36.4. The molecule has 2 aromatic rings. The van der Waals surface area contributed by atoms with Gasteiger partial charge in [-0.1, -0.05) is 48.0 Å². The Morgan fingerprint density at radius 2 is 1.55 bits per heavy atom. The maximum atomic E-state index is 12.1. The third kappa shape index (κ3) is 5.26. The lowest BCUT2D eigenvalue weighted by Crippen LogP contribution is -2.06. The van der Waals surface area contributed by atoms with Gasteiger partial charge in [-0.3, -0.25) is 4.79 Å². The van der Waals surface area contributed by atoms with Crippen molar-refractivity contribution in [1.29, 1.82) is 0 Å². The van der Waals surface area contributed by atoms with Crippen LogP contribution in [0.15, 0.2) is 54.6 Å². The summed E-state index contributed by atoms with van der Waals surface area (Å²) in [6.07, 6.45) is -4.38. The number of hydrogen-bond donors (Lipinski definition) is 0. The standard InChI is InChI=1S/C9H7F3O.C7H8/c1-6(13)7-3-2-4-8(5-7)9(10,11)12;1-7-5-3-2-4-6-7/h2-5H,1H3;2-6H,1H3. The van der Waals surface area contributed by atoms with Crippen molar-refractivity contribution in [3.8, 4) is 0 Å². The van der Waals surface area contributed by atoms with Crippen molar-refractivity contribution in [1.82, 2.24) is 0 Å². The summed E-state index contributed by atoms with van der Waals surface area (Å²) in [6.45, 7) is 3.31. The summed E-state index contributed by atoms with van der Waals surface area (Å²) in [5, 5.41) is 0. The molecule has 0 unspecified atom stereocenters. The largest absolute Gasteiger partial charge is 0.416 e. The summed E-state index contributed by atoms with van der Waals surface area (Å²) in [7, 11) is 0. The second kappa shape index (κ2) is 6.89. The van der Waals surface area contributed by atoms with Gasteiger partial charge in [-0.05, 0) is 26.0 Å². The summed E-state index contributed by atoms with van der Waals surface area (Å²) in [5.41, 5.74) is 0.609. The fourth-order valence-corrected chi connectivity index (χ4v) is 1.45. The number of aryl methyl sites for hydroxylation is 1. The molecule has 0 fully saturated rings. The number of alkyl halides is 3. The number of carbonyl (C=O) groups is 1. The zero-order valence-electron chi connectivity index (χ0n) is 11.2. The molecule has 0 saturated heterocycles. The van der Waals surface area contributed by atoms with Crippen molar-refractivity contribution in [3.05, 3.63) is 71.3 Å². The van der Waals surface area contributed by atoms with E-state index in [0.717, 1.165) is 12.1 Å². The van der Waals surface area contributed by atoms with Crippen molar-refractivity contribution in [2.45, 2.75) is 20.0 Å². The van der Waals surface area contributed by atoms with Crippen molar-refractivity contribution in [3.63, 3.8) is 0 Å². The molecule has 0 saturated carbocycles. The molecule has 106 valence electrons. The summed E-state index contributed by atoms with van der Waals surface area (Å²) in [5.74, 6) is -0.369. The molecule has 0 aliphatic rings. The molecule has 4 heteroatoms. The topological polar surface area (TPSA) is 17.1 Å². The molecule has 0 aliphatic heterocycles. The molecule has 1 nitrogen and oxygen atoms in total. The van der Waals surface area contributed by atoms with E-state index in [0.29, 0.717) is 0 Å². The van der Waals surface area contributed by atoms with Crippen LogP contribution >= 0.6 is 0 Å². The van der Waals surface area contributed by atoms with Crippen LogP contribution in [0.1, 0.15) is 28.4 Å². The molecule has 0 heterocycles. The van der Waals surface area contributed by atoms with Crippen molar-refractivity contribution >= 4 is 5.78 Å². The minimum Gasteiger partial charge on any atom is -0.295 e. The maximum absolute atomic E-state index is 12.1. The second-order valence-corrected chi connectivity index (χ2v) is 4.29. The molecule has 20 heavy (non-hydrogen) atoms. The molecule has 0 aromatic heterocycles. The van der Waals surface area contributed by atoms with Crippen LogP contribution in [0.4, 0.5) is 13.2 Å². The van der Waals surface area contributed by atoms with Crippen LogP contribution in [0.25, 0.3) is 0 Å². The van der Waals surface area contributed by atoms with E-state index in [-0.39, 0.29) is 11.3 Å². The molecular weight excluding hydrogens is 265 g/mol. The van der Waals surface area contributed by atoms with E-state index in [4.69, 9.17) is 0 Å². The van der Waals surface area contributed by atoms with Crippen LogP contribution in [0.2, 0.25) is 0 Å². The van der Waals surface area contributed by atoms with Gasteiger partial charge in [0.25, 0.3) is 0 Å². The van der Waals surface area contributed by atoms with Gasteiger partial charge in [0.05, 0.1) is 5.56 Å². The summed E-state index contributed by atoms with van der Waals surface area (Å²) >= 11 is 0. The number of Topliss-reactive ketones (excluding diaryl/α,β-unsaturated/α-hetero) is 1. The van der Waals surface area contributed by atoms with Gasteiger partial charge in [-0.25, -0.2) is 0 Å². The first kappa shape index (κ1) is 16.0. The van der Waals surface area contributed by atoms with Gasteiger partial charge < -0.3 is 0 Å². The lowest BCUT2D eigenvalue weighted by atomic mass is 10.1. The Morgan fingerprint density at radius 3 is 1.95 bits per heavy atom. The molecule has 2 aromatic carbocycles. The highest BCUT2D eigenvalue weighted by molar-refractivity contribution is 5.94. The first-order valence-electron chi connectivity index (χ1n) is 6.00.